The summed E-state index contributed by atoms with van der Waals surface area (Å²) >= 11 is 0. The fourth-order valence-electron chi connectivity index (χ4n) is 3.11. The van der Waals surface area contributed by atoms with E-state index in [4.69, 9.17) is 4.74 Å². The molecule has 3 heterocycles. The third-order valence-corrected chi connectivity index (χ3v) is 4.39. The maximum absolute atomic E-state index is 12.8. The van der Waals surface area contributed by atoms with E-state index in [1.807, 2.05) is 19.1 Å². The second kappa shape index (κ2) is 6.59. The van der Waals surface area contributed by atoms with Crippen molar-refractivity contribution in [2.75, 3.05) is 11.4 Å². The largest absolute Gasteiger partial charge is 0.471 e. The number of hydrogen-bond donors (Lipinski definition) is 0. The molecule has 0 spiro atoms. The van der Waals surface area contributed by atoms with Crippen LogP contribution in [0.15, 0.2) is 53.7 Å². The highest BCUT2D eigenvalue weighted by molar-refractivity contribution is 5.95. The van der Waals surface area contributed by atoms with Gasteiger partial charge in [0.25, 0.3) is 5.56 Å². The van der Waals surface area contributed by atoms with E-state index in [0.29, 0.717) is 29.0 Å². The van der Waals surface area contributed by atoms with Crippen molar-refractivity contribution in [3.63, 3.8) is 0 Å². The molecule has 0 radical (unpaired) electrons. The smallest absolute Gasteiger partial charge is 0.261 e. The van der Waals surface area contributed by atoms with Gasteiger partial charge in [0.05, 0.1) is 23.8 Å². The number of aromatic nitrogens is 3. The van der Waals surface area contributed by atoms with Gasteiger partial charge < -0.3 is 9.64 Å². The van der Waals surface area contributed by atoms with Crippen LogP contribution >= 0.6 is 0 Å². The summed E-state index contributed by atoms with van der Waals surface area (Å²) < 4.78 is 7.15. The minimum absolute atomic E-state index is 0.0746. The predicted octanol–water partition coefficient (Wildman–Crippen LogP) is 2.00. The van der Waals surface area contributed by atoms with Crippen molar-refractivity contribution in [3.8, 4) is 5.88 Å². The molecule has 0 saturated carbocycles. The minimum atomic E-state index is -0.138. The lowest BCUT2D eigenvalue weighted by Crippen LogP contribution is -2.43. The average Bonchev–Trinajstić information content (AvgIpc) is 2.66. The number of benzene rings is 1. The summed E-state index contributed by atoms with van der Waals surface area (Å²) in [6, 6.07) is 10.8. The molecule has 26 heavy (non-hydrogen) atoms. The van der Waals surface area contributed by atoms with E-state index in [1.165, 1.54) is 10.9 Å². The Balaban J connectivity index is 1.55. The molecule has 0 saturated heterocycles. The number of anilines is 1. The van der Waals surface area contributed by atoms with E-state index >= 15 is 0 Å². The molecule has 1 amide bonds. The van der Waals surface area contributed by atoms with Crippen LogP contribution in [0.2, 0.25) is 0 Å². The Bertz CT molecular complexity index is 1030. The molecule has 7 heteroatoms. The first-order valence-electron chi connectivity index (χ1n) is 8.50. The van der Waals surface area contributed by atoms with Crippen LogP contribution < -0.4 is 15.2 Å². The van der Waals surface area contributed by atoms with E-state index in [0.717, 1.165) is 0 Å². The van der Waals surface area contributed by atoms with Crippen LogP contribution in [0.3, 0.4) is 0 Å². The summed E-state index contributed by atoms with van der Waals surface area (Å²) in [7, 11) is 0. The molecule has 4 rings (SSSR count). The lowest BCUT2D eigenvalue weighted by molar-refractivity contribution is -0.119. The van der Waals surface area contributed by atoms with Crippen molar-refractivity contribution in [2.24, 2.45) is 0 Å². The van der Waals surface area contributed by atoms with Gasteiger partial charge in [-0.2, -0.15) is 0 Å². The molecule has 1 aromatic carbocycles. The zero-order valence-corrected chi connectivity index (χ0v) is 14.3. The van der Waals surface area contributed by atoms with Crippen LogP contribution in [0.5, 0.6) is 5.88 Å². The fourth-order valence-corrected chi connectivity index (χ4v) is 3.11. The van der Waals surface area contributed by atoms with Gasteiger partial charge in [-0.3, -0.25) is 14.2 Å². The summed E-state index contributed by atoms with van der Waals surface area (Å²) in [4.78, 5) is 35.4. The van der Waals surface area contributed by atoms with Crippen molar-refractivity contribution in [1.82, 2.24) is 14.5 Å². The summed E-state index contributed by atoms with van der Waals surface area (Å²) in [5, 5.41) is 0.553. The Morgan fingerprint density at radius 3 is 2.96 bits per heavy atom. The molecule has 7 nitrogen and oxygen atoms in total. The molecule has 3 aromatic rings. The summed E-state index contributed by atoms with van der Waals surface area (Å²) in [5.74, 6) is 0.388. The number of ether oxygens (including phenoxy) is 1. The molecular weight excluding hydrogens is 332 g/mol. The Morgan fingerprint density at radius 1 is 1.23 bits per heavy atom. The third kappa shape index (κ3) is 2.92. The Kier molecular flexibility index (Phi) is 4.12. The number of aryl methyl sites for hydroxylation is 1. The van der Waals surface area contributed by atoms with Crippen molar-refractivity contribution >= 4 is 22.5 Å². The molecule has 0 fully saturated rings. The number of nitrogens with zero attached hydrogens (tertiary/aromatic N) is 4. The van der Waals surface area contributed by atoms with Gasteiger partial charge in [0.15, 0.2) is 0 Å². The van der Waals surface area contributed by atoms with E-state index in [9.17, 15) is 9.59 Å². The molecule has 1 atom stereocenters. The van der Waals surface area contributed by atoms with Crippen LogP contribution in [0.1, 0.15) is 13.3 Å². The lowest BCUT2D eigenvalue weighted by atomic mass is 10.2. The normalized spacial score (nSPS) is 16.2. The highest BCUT2D eigenvalue weighted by atomic mass is 16.5. The number of para-hydroxylation sites is 1. The van der Waals surface area contributed by atoms with Gasteiger partial charge in [0.1, 0.15) is 11.8 Å². The van der Waals surface area contributed by atoms with Crippen molar-refractivity contribution in [1.29, 1.82) is 0 Å². The second-order valence-corrected chi connectivity index (χ2v) is 6.27. The summed E-state index contributed by atoms with van der Waals surface area (Å²) in [5.41, 5.74) is 1.18. The average molecular weight is 350 g/mol. The minimum Gasteiger partial charge on any atom is -0.471 e. The van der Waals surface area contributed by atoms with Gasteiger partial charge in [-0.25, -0.2) is 9.97 Å². The first kappa shape index (κ1) is 16.3. The SMILES string of the molecule is CC1CN(C(=O)CCn2cnc3ccccc3c2=O)c2cccnc2O1. The molecule has 0 bridgehead atoms. The maximum Gasteiger partial charge on any atom is 0.261 e. The lowest BCUT2D eigenvalue weighted by Gasteiger charge is -2.32. The van der Waals surface area contributed by atoms with Gasteiger partial charge in [-0.05, 0) is 31.2 Å². The van der Waals surface area contributed by atoms with E-state index in [1.54, 1.807) is 35.4 Å². The monoisotopic (exact) mass is 350 g/mol. The van der Waals surface area contributed by atoms with Gasteiger partial charge in [-0.1, -0.05) is 12.1 Å². The zero-order valence-electron chi connectivity index (χ0n) is 14.3. The third-order valence-electron chi connectivity index (χ3n) is 4.39. The van der Waals surface area contributed by atoms with Crippen molar-refractivity contribution in [2.45, 2.75) is 26.0 Å². The number of pyridine rings is 1. The molecule has 1 aliphatic heterocycles. The Labute approximate surface area is 149 Å². The number of amides is 1. The van der Waals surface area contributed by atoms with Crippen LogP contribution in [-0.2, 0) is 11.3 Å². The summed E-state index contributed by atoms with van der Waals surface area (Å²) in [6.07, 6.45) is 3.20. The van der Waals surface area contributed by atoms with Crippen LogP contribution in [0, 0.1) is 0 Å². The number of fused-ring (bicyclic) bond motifs is 2. The van der Waals surface area contributed by atoms with Crippen molar-refractivity contribution in [3.05, 3.63) is 59.3 Å². The fraction of sp³-hybridized carbons (Fsp3) is 0.263. The van der Waals surface area contributed by atoms with Crippen molar-refractivity contribution < 1.29 is 9.53 Å². The first-order valence-corrected chi connectivity index (χ1v) is 8.50. The Hall–Kier alpha value is -3.22. The quantitative estimate of drug-likeness (QED) is 0.722. The van der Waals surface area contributed by atoms with E-state index in [-0.39, 0.29) is 30.5 Å². The van der Waals surface area contributed by atoms with Crippen LogP contribution in [0.25, 0.3) is 10.9 Å². The molecule has 132 valence electrons. The molecule has 1 aliphatic rings. The molecular formula is C19H18N4O3. The molecule has 2 aromatic heterocycles. The number of carbonyl (C=O) groups excluding carboxylic acids is 1. The standard InChI is InChI=1S/C19H18N4O3/c1-13-11-23(16-7-4-9-20-18(16)26-13)17(24)8-10-22-12-21-15-6-3-2-5-14(15)19(22)25/h2-7,9,12-13H,8,10-11H2,1H3. The number of carbonyl (C=O) groups is 1. The second-order valence-electron chi connectivity index (χ2n) is 6.27. The van der Waals surface area contributed by atoms with Crippen LogP contribution in [-0.4, -0.2) is 33.1 Å². The highest BCUT2D eigenvalue weighted by Gasteiger charge is 2.28. The molecule has 1 unspecified atom stereocenters. The van der Waals surface area contributed by atoms with E-state index < -0.39 is 0 Å². The topological polar surface area (TPSA) is 77.3 Å². The maximum atomic E-state index is 12.8. The number of rotatable bonds is 3. The van der Waals surface area contributed by atoms with Gasteiger partial charge in [0.2, 0.25) is 11.8 Å². The zero-order chi connectivity index (χ0) is 18.1. The predicted molar refractivity (Wildman–Crippen MR) is 97.3 cm³/mol. The van der Waals surface area contributed by atoms with Gasteiger partial charge in [-0.15, -0.1) is 0 Å². The highest BCUT2D eigenvalue weighted by Crippen LogP contribution is 2.31. The molecule has 0 N–H and O–H groups in total. The van der Waals surface area contributed by atoms with Gasteiger partial charge in [0, 0.05) is 19.2 Å². The van der Waals surface area contributed by atoms with Gasteiger partial charge >= 0.3 is 0 Å². The van der Waals surface area contributed by atoms with E-state index in [2.05, 4.69) is 9.97 Å². The Morgan fingerprint density at radius 2 is 2.08 bits per heavy atom. The van der Waals surface area contributed by atoms with Crippen LogP contribution in [0.4, 0.5) is 5.69 Å². The first-order chi connectivity index (χ1) is 12.6. The molecule has 0 aliphatic carbocycles. The summed E-state index contributed by atoms with van der Waals surface area (Å²) in [6.45, 7) is 2.63. The number of hydrogen-bond acceptors (Lipinski definition) is 5.